The van der Waals surface area contributed by atoms with Crippen LogP contribution in [0.15, 0.2) is 34.8 Å². The molecule has 1 fully saturated rings. The minimum Gasteiger partial charge on any atom is -0.365 e. The van der Waals surface area contributed by atoms with Crippen LogP contribution in [0.3, 0.4) is 0 Å². The van der Waals surface area contributed by atoms with Crippen molar-refractivity contribution in [3.8, 4) is 6.07 Å². The van der Waals surface area contributed by atoms with Crippen LogP contribution in [0, 0.1) is 11.3 Å². The number of aromatic nitrogens is 2. The smallest absolute Gasteiger partial charge is 0.267 e. The molecule has 2 aromatic rings. The number of carbonyl (C=O) groups excluding carboxylic acids is 1. The number of piperazine rings is 1. The number of amides is 1. The van der Waals surface area contributed by atoms with Crippen molar-refractivity contribution in [1.82, 2.24) is 9.38 Å². The van der Waals surface area contributed by atoms with Gasteiger partial charge in [-0.3, -0.25) is 14.0 Å². The number of nitrogens with two attached hydrogens (primary N) is 1. The van der Waals surface area contributed by atoms with E-state index in [1.54, 1.807) is 30.5 Å². The number of nitrogens with one attached hydrogen (secondary N) is 1. The number of hydrogen-bond donors (Lipinski definition) is 2. The molecule has 2 aromatic heterocycles. The number of quaternary nitrogens is 1. The van der Waals surface area contributed by atoms with E-state index in [4.69, 9.17) is 11.0 Å². The third kappa shape index (κ3) is 3.22. The molecule has 0 aromatic carbocycles. The maximum atomic E-state index is 12.9. The zero-order valence-electron chi connectivity index (χ0n) is 13.9. The van der Waals surface area contributed by atoms with Gasteiger partial charge in [0.05, 0.1) is 38.8 Å². The monoisotopic (exact) mass is 339 g/mol. The molecule has 8 nitrogen and oxygen atoms in total. The SMILES string of the molecule is C[NH+]1CCN(c2nc3ccccn3c(=O)c2/C=C(\C#N)C(N)=O)CC1. The van der Waals surface area contributed by atoms with Gasteiger partial charge < -0.3 is 15.5 Å². The molecule has 1 aliphatic heterocycles. The first-order chi connectivity index (χ1) is 12.0. The van der Waals surface area contributed by atoms with Gasteiger partial charge in [0.2, 0.25) is 0 Å². The Bertz CT molecular complexity index is 948. The molecule has 0 spiro atoms. The van der Waals surface area contributed by atoms with E-state index in [0.717, 1.165) is 26.2 Å². The summed E-state index contributed by atoms with van der Waals surface area (Å²) in [5, 5.41) is 9.13. The highest BCUT2D eigenvalue weighted by Crippen LogP contribution is 2.19. The number of rotatable bonds is 3. The van der Waals surface area contributed by atoms with Gasteiger partial charge in [0.1, 0.15) is 23.1 Å². The molecule has 3 rings (SSSR count). The fraction of sp³-hybridized carbons (Fsp3) is 0.294. The number of fused-ring (bicyclic) bond motifs is 1. The quantitative estimate of drug-likeness (QED) is 0.518. The maximum Gasteiger partial charge on any atom is 0.267 e. The van der Waals surface area contributed by atoms with Crippen molar-refractivity contribution in [2.75, 3.05) is 38.1 Å². The predicted octanol–water partition coefficient (Wildman–Crippen LogP) is -1.58. The summed E-state index contributed by atoms with van der Waals surface area (Å²) in [6, 6.07) is 7.03. The summed E-state index contributed by atoms with van der Waals surface area (Å²) >= 11 is 0. The van der Waals surface area contributed by atoms with Gasteiger partial charge in [-0.15, -0.1) is 0 Å². The van der Waals surface area contributed by atoms with Crippen molar-refractivity contribution in [2.45, 2.75) is 0 Å². The summed E-state index contributed by atoms with van der Waals surface area (Å²) < 4.78 is 1.40. The first kappa shape index (κ1) is 16.7. The van der Waals surface area contributed by atoms with Crippen molar-refractivity contribution in [3.05, 3.63) is 45.9 Å². The van der Waals surface area contributed by atoms with Crippen LogP contribution >= 0.6 is 0 Å². The summed E-state index contributed by atoms with van der Waals surface area (Å²) in [6.07, 6.45) is 2.86. The van der Waals surface area contributed by atoms with Crippen LogP contribution in [0.25, 0.3) is 11.7 Å². The molecule has 0 atom stereocenters. The van der Waals surface area contributed by atoms with Gasteiger partial charge in [0, 0.05) is 6.20 Å². The molecular formula is C17H19N6O2+. The van der Waals surface area contributed by atoms with E-state index in [2.05, 4.69) is 12.0 Å². The number of primary amides is 1. The van der Waals surface area contributed by atoms with Crippen LogP contribution in [0.4, 0.5) is 5.82 Å². The number of nitriles is 1. The van der Waals surface area contributed by atoms with E-state index in [9.17, 15) is 9.59 Å². The molecule has 128 valence electrons. The van der Waals surface area contributed by atoms with Gasteiger partial charge in [-0.05, 0) is 18.2 Å². The molecule has 0 unspecified atom stereocenters. The van der Waals surface area contributed by atoms with E-state index >= 15 is 0 Å². The molecule has 1 aliphatic rings. The van der Waals surface area contributed by atoms with Gasteiger partial charge in [-0.1, -0.05) is 6.07 Å². The van der Waals surface area contributed by atoms with Crippen molar-refractivity contribution >= 4 is 23.4 Å². The van der Waals surface area contributed by atoms with E-state index in [1.165, 1.54) is 15.4 Å². The van der Waals surface area contributed by atoms with Crippen molar-refractivity contribution < 1.29 is 9.69 Å². The minimum absolute atomic E-state index is 0.207. The second-order valence-electron chi connectivity index (χ2n) is 6.06. The fourth-order valence-corrected chi connectivity index (χ4v) is 2.86. The first-order valence-corrected chi connectivity index (χ1v) is 8.00. The number of carbonyl (C=O) groups is 1. The Morgan fingerprint density at radius 1 is 1.40 bits per heavy atom. The van der Waals surface area contributed by atoms with Gasteiger partial charge in [0.15, 0.2) is 0 Å². The third-order valence-electron chi connectivity index (χ3n) is 4.34. The maximum absolute atomic E-state index is 12.9. The lowest BCUT2D eigenvalue weighted by molar-refractivity contribution is -0.880. The molecule has 1 saturated heterocycles. The number of nitrogens with zero attached hydrogens (tertiary/aromatic N) is 4. The van der Waals surface area contributed by atoms with Crippen molar-refractivity contribution in [3.63, 3.8) is 0 Å². The Balaban J connectivity index is 2.23. The summed E-state index contributed by atoms with van der Waals surface area (Å²) in [5.74, 6) is -0.383. The van der Waals surface area contributed by atoms with Crippen LogP contribution in [0.1, 0.15) is 5.56 Å². The molecular weight excluding hydrogens is 320 g/mol. The molecule has 8 heteroatoms. The summed E-state index contributed by atoms with van der Waals surface area (Å²) in [6.45, 7) is 3.31. The average Bonchev–Trinajstić information content (AvgIpc) is 2.61. The molecule has 25 heavy (non-hydrogen) atoms. The lowest BCUT2D eigenvalue weighted by Crippen LogP contribution is -3.12. The Morgan fingerprint density at radius 2 is 2.12 bits per heavy atom. The standard InChI is InChI=1S/C17H18N6O2/c1-21-6-8-22(9-7-21)16-13(10-12(11-18)15(19)24)17(25)23-5-3-2-4-14(23)20-16/h2-5,10H,6-9H2,1H3,(H2,19,24)/p+1/b12-10+. The average molecular weight is 339 g/mol. The fourth-order valence-electron chi connectivity index (χ4n) is 2.86. The molecule has 0 saturated carbocycles. The van der Waals surface area contributed by atoms with Crippen LogP contribution in [-0.2, 0) is 4.79 Å². The van der Waals surface area contributed by atoms with E-state index in [0.29, 0.717) is 11.5 Å². The number of hydrogen-bond acceptors (Lipinski definition) is 5. The van der Waals surface area contributed by atoms with Crippen LogP contribution in [0.5, 0.6) is 0 Å². The number of anilines is 1. The number of pyridine rings is 1. The zero-order chi connectivity index (χ0) is 18.0. The predicted molar refractivity (Wildman–Crippen MR) is 93.1 cm³/mol. The van der Waals surface area contributed by atoms with Gasteiger partial charge >= 0.3 is 0 Å². The van der Waals surface area contributed by atoms with Gasteiger partial charge in [0.25, 0.3) is 11.5 Å². The van der Waals surface area contributed by atoms with Crippen LogP contribution < -0.4 is 21.1 Å². The Hall–Kier alpha value is -3.18. The summed E-state index contributed by atoms with van der Waals surface area (Å²) in [5.41, 5.74) is 5.35. The molecule has 3 N–H and O–H groups in total. The highest BCUT2D eigenvalue weighted by Gasteiger charge is 2.23. The second-order valence-corrected chi connectivity index (χ2v) is 6.06. The van der Waals surface area contributed by atoms with Crippen LogP contribution in [0.2, 0.25) is 0 Å². The van der Waals surface area contributed by atoms with Crippen molar-refractivity contribution in [2.24, 2.45) is 5.73 Å². The van der Waals surface area contributed by atoms with E-state index in [1.807, 2.05) is 4.90 Å². The lowest BCUT2D eigenvalue weighted by Gasteiger charge is -2.31. The van der Waals surface area contributed by atoms with Crippen molar-refractivity contribution in [1.29, 1.82) is 5.26 Å². The molecule has 0 aliphatic carbocycles. The molecule has 1 amide bonds. The molecule has 3 heterocycles. The Kier molecular flexibility index (Phi) is 4.50. The second kappa shape index (κ2) is 6.75. The topological polar surface area (TPSA) is 109 Å². The summed E-state index contributed by atoms with van der Waals surface area (Å²) in [7, 11) is 2.11. The number of likely N-dealkylation sites (N-methyl/N-ethyl adjacent to an activating group) is 1. The highest BCUT2D eigenvalue weighted by atomic mass is 16.1. The normalized spacial score (nSPS) is 16.0. The zero-order valence-corrected chi connectivity index (χ0v) is 13.9. The van der Waals surface area contributed by atoms with Crippen LogP contribution in [-0.4, -0.2) is 48.5 Å². The third-order valence-corrected chi connectivity index (χ3v) is 4.34. The first-order valence-electron chi connectivity index (χ1n) is 8.00. The lowest BCUT2D eigenvalue weighted by atomic mass is 10.1. The highest BCUT2D eigenvalue weighted by molar-refractivity contribution is 6.01. The van der Waals surface area contributed by atoms with Gasteiger partial charge in [-0.2, -0.15) is 5.26 Å². The summed E-state index contributed by atoms with van der Waals surface area (Å²) in [4.78, 5) is 32.4. The Morgan fingerprint density at radius 3 is 2.76 bits per heavy atom. The molecule has 0 bridgehead atoms. The van der Waals surface area contributed by atoms with Gasteiger partial charge in [-0.25, -0.2) is 4.98 Å². The Labute approximate surface area is 144 Å². The van der Waals surface area contributed by atoms with E-state index in [-0.39, 0.29) is 16.7 Å². The molecule has 0 radical (unpaired) electrons. The van der Waals surface area contributed by atoms with E-state index < -0.39 is 5.91 Å². The minimum atomic E-state index is -0.867. The largest absolute Gasteiger partial charge is 0.365 e.